The van der Waals surface area contributed by atoms with Gasteiger partial charge in [0, 0.05) is 59.1 Å². The number of benzene rings is 1. The van der Waals surface area contributed by atoms with Gasteiger partial charge >= 0.3 is 6.09 Å². The lowest BCUT2D eigenvalue weighted by Gasteiger charge is -2.21. The number of pyridine rings is 1. The number of nitrogens with zero attached hydrogens (tertiary/aromatic N) is 2. The first-order valence-corrected chi connectivity index (χ1v) is 13.4. The topological polar surface area (TPSA) is 82.3 Å². The summed E-state index contributed by atoms with van der Waals surface area (Å²) in [7, 11) is 2.04. The number of aromatic amines is 1. The van der Waals surface area contributed by atoms with E-state index in [1.807, 2.05) is 27.8 Å². The van der Waals surface area contributed by atoms with Gasteiger partial charge in [-0.05, 0) is 68.4 Å². The maximum absolute atomic E-state index is 11.8. The van der Waals surface area contributed by atoms with Crippen molar-refractivity contribution >= 4 is 61.0 Å². The van der Waals surface area contributed by atoms with Gasteiger partial charge in [-0.15, -0.1) is 0 Å². The minimum absolute atomic E-state index is 0.385. The van der Waals surface area contributed by atoms with Crippen LogP contribution < -0.4 is 10.6 Å². The van der Waals surface area contributed by atoms with Crippen molar-refractivity contribution in [2.75, 3.05) is 38.5 Å². The summed E-state index contributed by atoms with van der Waals surface area (Å²) >= 11 is 5.28. The molecule has 0 atom stereocenters. The minimum atomic E-state index is -0.491. The molecule has 186 valence electrons. The second kappa shape index (κ2) is 11.0. The van der Waals surface area contributed by atoms with Crippen LogP contribution in [0.3, 0.4) is 0 Å². The zero-order valence-electron chi connectivity index (χ0n) is 20.6. The number of rotatable bonds is 9. The summed E-state index contributed by atoms with van der Waals surface area (Å²) in [6.45, 7) is 8.37. The zero-order chi connectivity index (χ0) is 25.0. The number of fused-ring (bicyclic) bond motifs is 3. The maximum Gasteiger partial charge on any atom is 0.407 e. The molecule has 0 fully saturated rings. The molecular formula is C26H32BrN5O2S. The monoisotopic (exact) mass is 557 g/mol. The van der Waals surface area contributed by atoms with E-state index in [9.17, 15) is 4.79 Å². The molecule has 1 amide bonds. The quantitative estimate of drug-likeness (QED) is 0.235. The fraction of sp³-hybridized carbons (Fsp3) is 0.385. The van der Waals surface area contributed by atoms with Gasteiger partial charge in [-0.3, -0.25) is 0 Å². The Bertz CT molecular complexity index is 1300. The molecule has 3 heterocycles. The van der Waals surface area contributed by atoms with Gasteiger partial charge in [0.1, 0.15) is 11.4 Å². The molecule has 3 aromatic heterocycles. The molecule has 0 aliphatic rings. The van der Waals surface area contributed by atoms with Crippen LogP contribution in [-0.2, 0) is 11.2 Å². The Kier molecular flexibility index (Phi) is 7.98. The second-order valence-electron chi connectivity index (χ2n) is 9.67. The Balaban J connectivity index is 1.43. The summed E-state index contributed by atoms with van der Waals surface area (Å²) in [4.78, 5) is 22.6. The Morgan fingerprint density at radius 1 is 1.17 bits per heavy atom. The third-order valence-electron chi connectivity index (χ3n) is 5.51. The molecule has 0 saturated heterocycles. The van der Waals surface area contributed by atoms with E-state index in [1.54, 1.807) is 11.3 Å². The number of halogens is 1. The second-order valence-corrected chi connectivity index (χ2v) is 11.4. The van der Waals surface area contributed by atoms with Crippen molar-refractivity contribution in [2.24, 2.45) is 0 Å². The first kappa shape index (κ1) is 25.5. The molecule has 7 nitrogen and oxygen atoms in total. The fourth-order valence-corrected chi connectivity index (χ4v) is 4.94. The van der Waals surface area contributed by atoms with E-state index in [4.69, 9.17) is 9.72 Å². The van der Waals surface area contributed by atoms with E-state index < -0.39 is 5.60 Å². The summed E-state index contributed by atoms with van der Waals surface area (Å²) in [5.74, 6) is 0.890. The van der Waals surface area contributed by atoms with Crippen molar-refractivity contribution in [2.45, 2.75) is 32.8 Å². The van der Waals surface area contributed by atoms with Gasteiger partial charge in [0.05, 0.1) is 5.52 Å². The highest BCUT2D eigenvalue weighted by molar-refractivity contribution is 9.10. The molecular weight excluding hydrogens is 526 g/mol. The van der Waals surface area contributed by atoms with Crippen LogP contribution in [0, 0.1) is 0 Å². The standard InChI is InChI=1S/C26H32BrN5O2S/c1-26(2,3)34-25(33)29-9-11-32(4)10-8-28-24-23-20-6-5-18(27)14-21(20)31-22(23)15-19(30-24)13-17-7-12-35-16-17/h5-7,12,14-16,31H,8-11,13H2,1-4H3,(H,28,30)(H,29,33). The number of aromatic nitrogens is 2. The van der Waals surface area contributed by atoms with Crippen LogP contribution >= 0.6 is 27.3 Å². The first-order chi connectivity index (χ1) is 16.7. The molecule has 4 rings (SSSR count). The third kappa shape index (κ3) is 6.96. The summed E-state index contributed by atoms with van der Waals surface area (Å²) in [6, 6.07) is 10.6. The van der Waals surface area contributed by atoms with Gasteiger partial charge in [-0.2, -0.15) is 11.3 Å². The number of amides is 1. The molecule has 4 aromatic rings. The van der Waals surface area contributed by atoms with E-state index in [-0.39, 0.29) is 6.09 Å². The van der Waals surface area contributed by atoms with E-state index >= 15 is 0 Å². The van der Waals surface area contributed by atoms with Gasteiger partial charge in [0.2, 0.25) is 0 Å². The Morgan fingerprint density at radius 2 is 1.97 bits per heavy atom. The Morgan fingerprint density at radius 3 is 2.71 bits per heavy atom. The highest BCUT2D eigenvalue weighted by Gasteiger charge is 2.16. The molecule has 0 radical (unpaired) electrons. The smallest absolute Gasteiger partial charge is 0.407 e. The summed E-state index contributed by atoms with van der Waals surface area (Å²) in [5.41, 5.74) is 3.96. The van der Waals surface area contributed by atoms with Crippen LogP contribution in [-0.4, -0.2) is 59.8 Å². The number of nitrogens with one attached hydrogen (secondary N) is 3. The Hall–Kier alpha value is -2.62. The van der Waals surface area contributed by atoms with Crippen LogP contribution in [0.1, 0.15) is 32.0 Å². The minimum Gasteiger partial charge on any atom is -0.444 e. The van der Waals surface area contributed by atoms with E-state index in [2.05, 4.69) is 77.5 Å². The van der Waals surface area contributed by atoms with Crippen molar-refractivity contribution in [1.29, 1.82) is 0 Å². The van der Waals surface area contributed by atoms with Gasteiger partial charge in [0.25, 0.3) is 0 Å². The highest BCUT2D eigenvalue weighted by atomic mass is 79.9. The van der Waals surface area contributed by atoms with Gasteiger partial charge < -0.3 is 25.3 Å². The van der Waals surface area contributed by atoms with Crippen LogP contribution in [0.25, 0.3) is 21.8 Å². The van der Waals surface area contributed by atoms with E-state index in [0.717, 1.165) is 63.8 Å². The number of alkyl carbamates (subject to hydrolysis) is 1. The molecule has 35 heavy (non-hydrogen) atoms. The van der Waals surface area contributed by atoms with Crippen molar-refractivity contribution in [1.82, 2.24) is 20.2 Å². The number of H-pyrrole nitrogens is 1. The predicted octanol–water partition coefficient (Wildman–Crippen LogP) is 6.00. The molecule has 0 spiro atoms. The number of hydrogen-bond acceptors (Lipinski definition) is 6. The number of hydrogen-bond donors (Lipinski definition) is 3. The van der Waals surface area contributed by atoms with Crippen LogP contribution in [0.5, 0.6) is 0 Å². The first-order valence-electron chi connectivity index (χ1n) is 11.7. The maximum atomic E-state index is 11.8. The number of carbonyl (C=O) groups excluding carboxylic acids is 1. The molecule has 0 saturated carbocycles. The number of anilines is 1. The molecule has 0 bridgehead atoms. The SMILES string of the molecule is CN(CCNC(=O)OC(C)(C)C)CCNc1nc(Cc2ccsc2)cc2[nH]c3cc(Br)ccc3c12. The average Bonchev–Trinajstić information content (AvgIpc) is 3.39. The predicted molar refractivity (Wildman–Crippen MR) is 149 cm³/mol. The van der Waals surface area contributed by atoms with Crippen molar-refractivity contribution in [3.05, 3.63) is 56.8 Å². The molecule has 3 N–H and O–H groups in total. The van der Waals surface area contributed by atoms with E-state index in [1.165, 1.54) is 5.56 Å². The highest BCUT2D eigenvalue weighted by Crippen LogP contribution is 2.33. The summed E-state index contributed by atoms with van der Waals surface area (Å²) in [5, 5.41) is 12.9. The molecule has 0 unspecified atom stereocenters. The normalized spacial score (nSPS) is 11.9. The van der Waals surface area contributed by atoms with Crippen molar-refractivity contribution < 1.29 is 9.53 Å². The number of thiophene rings is 1. The summed E-state index contributed by atoms with van der Waals surface area (Å²) < 4.78 is 6.33. The largest absolute Gasteiger partial charge is 0.444 e. The van der Waals surface area contributed by atoms with E-state index in [0.29, 0.717) is 6.54 Å². The van der Waals surface area contributed by atoms with Crippen LogP contribution in [0.2, 0.25) is 0 Å². The van der Waals surface area contributed by atoms with Crippen molar-refractivity contribution in [3.8, 4) is 0 Å². The number of likely N-dealkylation sites (N-methyl/N-ethyl adjacent to an activating group) is 1. The Labute approximate surface area is 218 Å². The number of ether oxygens (including phenoxy) is 1. The van der Waals surface area contributed by atoms with Gasteiger partial charge in [0.15, 0.2) is 0 Å². The zero-order valence-corrected chi connectivity index (χ0v) is 23.0. The van der Waals surface area contributed by atoms with Gasteiger partial charge in [-0.25, -0.2) is 9.78 Å². The third-order valence-corrected chi connectivity index (χ3v) is 6.73. The lowest BCUT2D eigenvalue weighted by atomic mass is 10.1. The summed E-state index contributed by atoms with van der Waals surface area (Å²) in [6.07, 6.45) is 0.410. The van der Waals surface area contributed by atoms with Crippen LogP contribution in [0.15, 0.2) is 45.6 Å². The lowest BCUT2D eigenvalue weighted by molar-refractivity contribution is 0.0524. The molecule has 0 aliphatic carbocycles. The van der Waals surface area contributed by atoms with Gasteiger partial charge in [-0.1, -0.05) is 22.0 Å². The lowest BCUT2D eigenvalue weighted by Crippen LogP contribution is -2.38. The fourth-order valence-electron chi connectivity index (χ4n) is 3.91. The average molecular weight is 559 g/mol. The molecule has 9 heteroatoms. The van der Waals surface area contributed by atoms with Crippen molar-refractivity contribution in [3.63, 3.8) is 0 Å². The molecule has 1 aromatic carbocycles. The molecule has 0 aliphatic heterocycles. The number of carbonyl (C=O) groups is 1. The van der Waals surface area contributed by atoms with Crippen LogP contribution in [0.4, 0.5) is 10.6 Å².